The molecule has 0 aromatic carbocycles. The second-order valence-electron chi connectivity index (χ2n) is 3.69. The zero-order valence-electron chi connectivity index (χ0n) is 8.52. The maximum absolute atomic E-state index is 5.13. The van der Waals surface area contributed by atoms with Crippen LogP contribution in [0.3, 0.4) is 0 Å². The molecule has 0 atom stereocenters. The minimum absolute atomic E-state index is 0.625. The van der Waals surface area contributed by atoms with E-state index in [1.54, 1.807) is 6.20 Å². The van der Waals surface area contributed by atoms with E-state index in [2.05, 4.69) is 20.9 Å². The first-order valence-electron chi connectivity index (χ1n) is 5.23. The van der Waals surface area contributed by atoms with E-state index in [1.807, 2.05) is 10.9 Å². The zero-order chi connectivity index (χ0) is 10.5. The van der Waals surface area contributed by atoms with Gasteiger partial charge in [0, 0.05) is 25.3 Å². The molecule has 5 nitrogen and oxygen atoms in total. The van der Waals surface area contributed by atoms with Crippen LogP contribution in [0.15, 0.2) is 12.4 Å². The lowest BCUT2D eigenvalue weighted by Crippen LogP contribution is -2.37. The van der Waals surface area contributed by atoms with E-state index < -0.39 is 0 Å². The van der Waals surface area contributed by atoms with Gasteiger partial charge in [-0.15, -0.1) is 5.10 Å². The summed E-state index contributed by atoms with van der Waals surface area (Å²) in [6, 6.07) is 0.625. The Morgan fingerprint density at radius 1 is 1.53 bits per heavy atom. The van der Waals surface area contributed by atoms with Crippen molar-refractivity contribution in [1.82, 2.24) is 25.6 Å². The molecule has 1 aliphatic carbocycles. The van der Waals surface area contributed by atoms with Crippen LogP contribution in [-0.4, -0.2) is 32.7 Å². The van der Waals surface area contributed by atoms with E-state index in [-0.39, 0.29) is 0 Å². The number of nitrogens with one attached hydrogen (secondary N) is 2. The number of hydrogen-bond acceptors (Lipinski definition) is 3. The van der Waals surface area contributed by atoms with Crippen molar-refractivity contribution in [1.29, 1.82) is 0 Å². The van der Waals surface area contributed by atoms with Crippen LogP contribution in [0.25, 0.3) is 0 Å². The maximum atomic E-state index is 5.13. The summed E-state index contributed by atoms with van der Waals surface area (Å²) in [6.07, 6.45) is 7.05. The van der Waals surface area contributed by atoms with Gasteiger partial charge in [-0.2, -0.15) is 0 Å². The van der Waals surface area contributed by atoms with Crippen LogP contribution in [0, 0.1) is 0 Å². The average molecular weight is 225 g/mol. The zero-order valence-corrected chi connectivity index (χ0v) is 9.33. The lowest BCUT2D eigenvalue weighted by atomic mass is 10.4. The third kappa shape index (κ3) is 3.83. The van der Waals surface area contributed by atoms with E-state index >= 15 is 0 Å². The van der Waals surface area contributed by atoms with Gasteiger partial charge in [0.25, 0.3) is 0 Å². The van der Waals surface area contributed by atoms with Crippen LogP contribution in [0.1, 0.15) is 19.3 Å². The summed E-state index contributed by atoms with van der Waals surface area (Å²) < 4.78 is 1.82. The van der Waals surface area contributed by atoms with Crippen LogP contribution in [-0.2, 0) is 6.54 Å². The molecule has 0 spiro atoms. The molecule has 1 fully saturated rings. The van der Waals surface area contributed by atoms with Crippen molar-refractivity contribution in [3.05, 3.63) is 12.4 Å². The predicted octanol–water partition coefficient (Wildman–Crippen LogP) is 0.295. The molecule has 0 amide bonds. The van der Waals surface area contributed by atoms with Crippen molar-refractivity contribution < 1.29 is 0 Å². The number of thiocarbonyl (C=S) groups is 1. The molecule has 2 rings (SSSR count). The second-order valence-corrected chi connectivity index (χ2v) is 4.10. The monoisotopic (exact) mass is 225 g/mol. The quantitative estimate of drug-likeness (QED) is 0.557. The summed E-state index contributed by atoms with van der Waals surface area (Å²) in [6.45, 7) is 1.75. The van der Waals surface area contributed by atoms with E-state index in [0.29, 0.717) is 6.04 Å². The fraction of sp³-hybridized carbons (Fsp3) is 0.667. The minimum atomic E-state index is 0.625. The van der Waals surface area contributed by atoms with Gasteiger partial charge in [-0.3, -0.25) is 4.68 Å². The Kier molecular flexibility index (Phi) is 3.49. The van der Waals surface area contributed by atoms with Crippen molar-refractivity contribution >= 4 is 17.3 Å². The van der Waals surface area contributed by atoms with Crippen molar-refractivity contribution in [2.75, 3.05) is 6.54 Å². The third-order valence-corrected chi connectivity index (χ3v) is 2.50. The highest BCUT2D eigenvalue weighted by Gasteiger charge is 2.21. The first-order valence-corrected chi connectivity index (χ1v) is 5.64. The third-order valence-electron chi connectivity index (χ3n) is 2.23. The molecule has 1 aromatic rings. The van der Waals surface area contributed by atoms with E-state index in [1.165, 1.54) is 12.8 Å². The Hall–Kier alpha value is -1.17. The molecule has 6 heteroatoms. The Balaban J connectivity index is 1.52. The van der Waals surface area contributed by atoms with Gasteiger partial charge in [0.15, 0.2) is 5.11 Å². The lowest BCUT2D eigenvalue weighted by Gasteiger charge is -2.08. The fourth-order valence-electron chi connectivity index (χ4n) is 1.26. The van der Waals surface area contributed by atoms with Crippen LogP contribution >= 0.6 is 12.2 Å². The summed E-state index contributed by atoms with van der Waals surface area (Å²) in [7, 11) is 0. The normalized spacial score (nSPS) is 14.9. The highest BCUT2D eigenvalue weighted by molar-refractivity contribution is 7.80. The predicted molar refractivity (Wildman–Crippen MR) is 61.4 cm³/mol. The van der Waals surface area contributed by atoms with Crippen molar-refractivity contribution in [2.24, 2.45) is 0 Å². The van der Waals surface area contributed by atoms with Gasteiger partial charge in [0.2, 0.25) is 0 Å². The maximum Gasteiger partial charge on any atom is 0.166 e. The molecule has 0 saturated heterocycles. The molecule has 82 valence electrons. The standard InChI is InChI=1S/C9H15N5S/c15-9(12-8-2-3-8)10-4-1-6-14-7-5-11-13-14/h5,7-8H,1-4,6H2,(H2,10,12,15). The van der Waals surface area contributed by atoms with Crippen LogP contribution in [0.4, 0.5) is 0 Å². The summed E-state index contributed by atoms with van der Waals surface area (Å²) in [5.41, 5.74) is 0. The van der Waals surface area contributed by atoms with Crippen LogP contribution in [0.5, 0.6) is 0 Å². The van der Waals surface area contributed by atoms with Gasteiger partial charge in [0.1, 0.15) is 0 Å². The molecular weight excluding hydrogens is 210 g/mol. The molecular formula is C9H15N5S. The highest BCUT2D eigenvalue weighted by atomic mass is 32.1. The smallest absolute Gasteiger partial charge is 0.166 e. The van der Waals surface area contributed by atoms with Crippen LogP contribution in [0.2, 0.25) is 0 Å². The average Bonchev–Trinajstić information content (AvgIpc) is 2.87. The summed E-state index contributed by atoms with van der Waals surface area (Å²) in [5, 5.41) is 14.8. The van der Waals surface area contributed by atoms with Gasteiger partial charge in [-0.05, 0) is 31.5 Å². The fourth-order valence-corrected chi connectivity index (χ4v) is 1.53. The molecule has 0 radical (unpaired) electrons. The van der Waals surface area contributed by atoms with Crippen molar-refractivity contribution in [3.8, 4) is 0 Å². The summed E-state index contributed by atoms with van der Waals surface area (Å²) >= 11 is 5.13. The molecule has 0 bridgehead atoms. The SMILES string of the molecule is S=C(NCCCn1ccnn1)NC1CC1. The largest absolute Gasteiger partial charge is 0.363 e. The second kappa shape index (κ2) is 5.06. The van der Waals surface area contributed by atoms with Crippen LogP contribution < -0.4 is 10.6 Å². The van der Waals surface area contributed by atoms with Crippen molar-refractivity contribution in [3.63, 3.8) is 0 Å². The van der Waals surface area contributed by atoms with Gasteiger partial charge in [-0.1, -0.05) is 5.21 Å². The summed E-state index contributed by atoms with van der Waals surface area (Å²) in [5.74, 6) is 0. The molecule has 15 heavy (non-hydrogen) atoms. The molecule has 1 saturated carbocycles. The molecule has 1 aromatic heterocycles. The Morgan fingerprint density at radius 3 is 3.07 bits per heavy atom. The number of aryl methyl sites for hydroxylation is 1. The number of aromatic nitrogens is 3. The number of nitrogens with zero attached hydrogens (tertiary/aromatic N) is 3. The van der Waals surface area contributed by atoms with Gasteiger partial charge < -0.3 is 10.6 Å². The number of hydrogen-bond donors (Lipinski definition) is 2. The molecule has 0 aliphatic heterocycles. The van der Waals surface area contributed by atoms with Gasteiger partial charge >= 0.3 is 0 Å². The first kappa shape index (κ1) is 10.4. The van der Waals surface area contributed by atoms with Gasteiger partial charge in [-0.25, -0.2) is 0 Å². The van der Waals surface area contributed by atoms with Gasteiger partial charge in [0.05, 0.1) is 6.20 Å². The number of rotatable bonds is 5. The minimum Gasteiger partial charge on any atom is -0.363 e. The molecule has 0 unspecified atom stereocenters. The van der Waals surface area contributed by atoms with Crippen molar-refractivity contribution in [2.45, 2.75) is 31.8 Å². The van der Waals surface area contributed by atoms with E-state index in [9.17, 15) is 0 Å². The topological polar surface area (TPSA) is 54.8 Å². The Labute approximate surface area is 94.2 Å². The molecule has 1 aliphatic rings. The lowest BCUT2D eigenvalue weighted by molar-refractivity contribution is 0.553. The van der Waals surface area contributed by atoms with E-state index in [4.69, 9.17) is 12.2 Å². The molecule has 1 heterocycles. The van der Waals surface area contributed by atoms with E-state index in [0.717, 1.165) is 24.6 Å². The highest BCUT2D eigenvalue weighted by Crippen LogP contribution is 2.18. The molecule has 2 N–H and O–H groups in total. The Morgan fingerprint density at radius 2 is 2.40 bits per heavy atom. The Bertz CT molecular complexity index is 306. The summed E-state index contributed by atoms with van der Waals surface area (Å²) in [4.78, 5) is 0. The first-order chi connectivity index (χ1) is 7.34.